The molecule has 0 saturated heterocycles. The van der Waals surface area contributed by atoms with Crippen molar-refractivity contribution in [2.75, 3.05) is 7.11 Å². The maximum absolute atomic E-state index is 13.5. The van der Waals surface area contributed by atoms with Crippen molar-refractivity contribution in [3.05, 3.63) is 81.8 Å². The fraction of sp³-hybridized carbons (Fsp3) is 0.240. The third-order valence-electron chi connectivity index (χ3n) is 5.05. The fourth-order valence-corrected chi connectivity index (χ4v) is 3.55. The average Bonchev–Trinajstić information content (AvgIpc) is 2.80. The van der Waals surface area contributed by atoms with Crippen molar-refractivity contribution >= 4 is 6.16 Å². The van der Waals surface area contributed by atoms with Crippen molar-refractivity contribution in [3.8, 4) is 28.6 Å². The molecule has 0 N–H and O–H groups in total. The number of nitrogens with zero attached hydrogens (tertiary/aromatic N) is 2. The van der Waals surface area contributed by atoms with E-state index in [9.17, 15) is 14.9 Å². The molecule has 0 saturated carbocycles. The molecule has 0 aliphatic rings. The molecule has 0 fully saturated rings. The zero-order valence-corrected chi connectivity index (χ0v) is 17.8. The van der Waals surface area contributed by atoms with Crippen LogP contribution in [0.5, 0.6) is 5.75 Å². The first kappa shape index (κ1) is 21.8. The van der Waals surface area contributed by atoms with E-state index in [-0.39, 0.29) is 5.75 Å². The second-order valence-corrected chi connectivity index (χ2v) is 7.12. The van der Waals surface area contributed by atoms with Gasteiger partial charge in [0.15, 0.2) is 0 Å². The number of nitriles is 1. The van der Waals surface area contributed by atoms with E-state index in [2.05, 4.69) is 17.7 Å². The first-order valence-electron chi connectivity index (χ1n) is 10.1. The highest BCUT2D eigenvalue weighted by Crippen LogP contribution is 2.30. The number of hydrogen-bond acceptors (Lipinski definition) is 5. The predicted octanol–water partition coefficient (Wildman–Crippen LogP) is 5.17. The molecule has 158 valence electrons. The minimum Gasteiger partial charge on any atom is -0.437 e. The molecule has 6 heteroatoms. The summed E-state index contributed by atoms with van der Waals surface area (Å²) in [4.78, 5) is 25.3. The maximum atomic E-state index is 13.5. The number of aryl methyl sites for hydroxylation is 2. The molecule has 0 amide bonds. The van der Waals surface area contributed by atoms with Crippen LogP contribution in [0.15, 0.2) is 59.4 Å². The highest BCUT2D eigenvalue weighted by molar-refractivity contribution is 5.78. The first-order chi connectivity index (χ1) is 15.0. The topological polar surface area (TPSA) is 81.3 Å². The Morgan fingerprint density at radius 2 is 1.77 bits per heavy atom. The van der Waals surface area contributed by atoms with Crippen LogP contribution in [0.2, 0.25) is 0 Å². The molecule has 0 bridgehead atoms. The molecule has 31 heavy (non-hydrogen) atoms. The van der Waals surface area contributed by atoms with Crippen LogP contribution in [-0.2, 0) is 11.2 Å². The van der Waals surface area contributed by atoms with Crippen molar-refractivity contribution in [2.24, 2.45) is 0 Å². The van der Waals surface area contributed by atoms with Gasteiger partial charge in [0.25, 0.3) is 5.56 Å². The van der Waals surface area contributed by atoms with Gasteiger partial charge < -0.3 is 9.47 Å². The summed E-state index contributed by atoms with van der Waals surface area (Å²) in [5.74, 6) is -0.0736. The van der Waals surface area contributed by atoms with E-state index in [0.717, 1.165) is 29.7 Å². The second-order valence-electron chi connectivity index (χ2n) is 7.12. The van der Waals surface area contributed by atoms with Gasteiger partial charge >= 0.3 is 6.16 Å². The van der Waals surface area contributed by atoms with Crippen molar-refractivity contribution in [2.45, 2.75) is 33.1 Å². The lowest BCUT2D eigenvalue weighted by atomic mass is 9.98. The Bertz CT molecular complexity index is 1200. The number of aromatic nitrogens is 1. The van der Waals surface area contributed by atoms with Gasteiger partial charge in [0, 0.05) is 16.8 Å². The van der Waals surface area contributed by atoms with Crippen LogP contribution in [0.1, 0.15) is 36.6 Å². The summed E-state index contributed by atoms with van der Waals surface area (Å²) in [5.41, 5.74) is 3.53. The zero-order valence-electron chi connectivity index (χ0n) is 17.8. The Hall–Kier alpha value is -3.85. The zero-order chi connectivity index (χ0) is 22.4. The van der Waals surface area contributed by atoms with Gasteiger partial charge in [0.2, 0.25) is 5.75 Å². The Morgan fingerprint density at radius 1 is 1.10 bits per heavy atom. The Balaban J connectivity index is 2.32. The molecule has 0 aliphatic heterocycles. The summed E-state index contributed by atoms with van der Waals surface area (Å²) >= 11 is 0. The lowest BCUT2D eigenvalue weighted by Crippen LogP contribution is -2.27. The third kappa shape index (κ3) is 4.51. The number of carbonyl (C=O) groups is 1. The molecule has 0 aliphatic carbocycles. The van der Waals surface area contributed by atoms with Crippen molar-refractivity contribution in [1.29, 1.82) is 5.26 Å². The maximum Gasteiger partial charge on any atom is 0.513 e. The van der Waals surface area contributed by atoms with Crippen LogP contribution >= 0.6 is 0 Å². The van der Waals surface area contributed by atoms with Gasteiger partial charge in [-0.2, -0.15) is 5.26 Å². The normalized spacial score (nSPS) is 10.4. The number of ether oxygens (including phenoxy) is 2. The molecule has 6 nitrogen and oxygen atoms in total. The molecule has 0 atom stereocenters. The second kappa shape index (κ2) is 9.77. The summed E-state index contributed by atoms with van der Waals surface area (Å²) in [7, 11) is 1.19. The Morgan fingerprint density at radius 3 is 2.45 bits per heavy atom. The highest BCUT2D eigenvalue weighted by Gasteiger charge is 2.20. The van der Waals surface area contributed by atoms with E-state index in [4.69, 9.17) is 4.74 Å². The number of methoxy groups -OCH3 is 1. The molecule has 2 aromatic carbocycles. The SMILES string of the molecule is CCCCc1cc(C)c(OC(=O)OC)c(=O)n1-c1ccccc1-c1ccccc1C#N. The van der Waals surface area contributed by atoms with Gasteiger partial charge in [-0.1, -0.05) is 49.7 Å². The number of pyridine rings is 1. The van der Waals surface area contributed by atoms with Gasteiger partial charge in [-0.25, -0.2) is 4.79 Å². The van der Waals surface area contributed by atoms with Crippen LogP contribution in [0.3, 0.4) is 0 Å². The predicted molar refractivity (Wildman–Crippen MR) is 119 cm³/mol. The van der Waals surface area contributed by atoms with E-state index in [1.165, 1.54) is 7.11 Å². The molecule has 0 radical (unpaired) electrons. The quantitative estimate of drug-likeness (QED) is 0.518. The summed E-state index contributed by atoms with van der Waals surface area (Å²) < 4.78 is 11.3. The van der Waals surface area contributed by atoms with Crippen molar-refractivity contribution in [3.63, 3.8) is 0 Å². The largest absolute Gasteiger partial charge is 0.513 e. The monoisotopic (exact) mass is 416 g/mol. The molecular formula is C25H24N2O4. The molecule has 0 unspecified atom stereocenters. The molecule has 1 heterocycles. The van der Waals surface area contributed by atoms with E-state index in [1.807, 2.05) is 42.5 Å². The van der Waals surface area contributed by atoms with Crippen LogP contribution < -0.4 is 10.3 Å². The standard InChI is InChI=1S/C25H24N2O4/c1-4-5-11-19-15-17(2)23(31-25(29)30-3)24(28)27(19)22-14-9-8-13-21(22)20-12-7-6-10-18(20)16-26/h6-10,12-15H,4-5,11H2,1-3H3. The first-order valence-corrected chi connectivity index (χ1v) is 10.1. The average molecular weight is 416 g/mol. The van der Waals surface area contributed by atoms with E-state index in [1.54, 1.807) is 23.6 Å². The fourth-order valence-electron chi connectivity index (χ4n) is 3.55. The number of benzene rings is 2. The van der Waals surface area contributed by atoms with Crippen LogP contribution in [0.4, 0.5) is 4.79 Å². The number of unbranched alkanes of at least 4 members (excludes halogenated alkanes) is 1. The third-order valence-corrected chi connectivity index (χ3v) is 5.05. The number of carbonyl (C=O) groups excluding carboxylic acids is 1. The highest BCUT2D eigenvalue weighted by atomic mass is 16.7. The van der Waals surface area contributed by atoms with E-state index >= 15 is 0 Å². The van der Waals surface area contributed by atoms with Gasteiger partial charge in [-0.05, 0) is 43.5 Å². The summed E-state index contributed by atoms with van der Waals surface area (Å²) in [6.45, 7) is 3.82. The Labute approximate surface area is 181 Å². The number of hydrogen-bond donors (Lipinski definition) is 0. The number of rotatable bonds is 6. The summed E-state index contributed by atoms with van der Waals surface area (Å²) in [6.07, 6.45) is 1.59. The van der Waals surface area contributed by atoms with Gasteiger partial charge in [-0.15, -0.1) is 0 Å². The molecule has 0 spiro atoms. The Kier molecular flexibility index (Phi) is 6.88. The smallest absolute Gasteiger partial charge is 0.437 e. The van der Waals surface area contributed by atoms with E-state index in [0.29, 0.717) is 23.2 Å². The van der Waals surface area contributed by atoms with Gasteiger partial charge in [0.05, 0.1) is 24.4 Å². The molecular weight excluding hydrogens is 392 g/mol. The van der Waals surface area contributed by atoms with Crippen LogP contribution in [0.25, 0.3) is 16.8 Å². The van der Waals surface area contributed by atoms with Gasteiger partial charge in [-0.3, -0.25) is 9.36 Å². The summed E-state index contributed by atoms with van der Waals surface area (Å²) in [6, 6.07) is 18.7. The summed E-state index contributed by atoms with van der Waals surface area (Å²) in [5, 5.41) is 9.58. The minimum absolute atomic E-state index is 0.0736. The van der Waals surface area contributed by atoms with Crippen LogP contribution in [0, 0.1) is 18.3 Å². The van der Waals surface area contributed by atoms with Gasteiger partial charge in [0.1, 0.15) is 0 Å². The lowest BCUT2D eigenvalue weighted by Gasteiger charge is -2.19. The molecule has 1 aromatic heterocycles. The van der Waals surface area contributed by atoms with Crippen molar-refractivity contribution < 1.29 is 14.3 Å². The molecule has 3 rings (SSSR count). The van der Waals surface area contributed by atoms with Crippen molar-refractivity contribution in [1.82, 2.24) is 4.57 Å². The molecule has 3 aromatic rings. The minimum atomic E-state index is -0.948. The van der Waals surface area contributed by atoms with Crippen LogP contribution in [-0.4, -0.2) is 17.8 Å². The number of para-hydroxylation sites is 1. The van der Waals surface area contributed by atoms with E-state index < -0.39 is 11.7 Å². The lowest BCUT2D eigenvalue weighted by molar-refractivity contribution is 0.120.